The summed E-state index contributed by atoms with van der Waals surface area (Å²) in [6.45, 7) is 3.16. The molecular formula is C12H14N2O2. The second kappa shape index (κ2) is 4.04. The Hall–Kier alpha value is -1.71. The first-order valence-corrected chi connectivity index (χ1v) is 5.26. The van der Waals surface area contributed by atoms with Gasteiger partial charge in [-0.25, -0.2) is 0 Å². The highest BCUT2D eigenvalue weighted by Gasteiger charge is 2.36. The van der Waals surface area contributed by atoms with Gasteiger partial charge in [-0.3, -0.25) is 4.79 Å². The second-order valence-corrected chi connectivity index (χ2v) is 4.11. The fourth-order valence-electron chi connectivity index (χ4n) is 1.86. The van der Waals surface area contributed by atoms with E-state index in [1.807, 2.05) is 30.3 Å². The van der Waals surface area contributed by atoms with Gasteiger partial charge in [-0.2, -0.15) is 5.11 Å². The van der Waals surface area contributed by atoms with Crippen LogP contribution >= 0.6 is 0 Å². The summed E-state index contributed by atoms with van der Waals surface area (Å²) in [7, 11) is 0. The van der Waals surface area contributed by atoms with Crippen LogP contribution in [-0.4, -0.2) is 11.7 Å². The molecule has 0 saturated carbocycles. The van der Waals surface area contributed by atoms with Gasteiger partial charge >= 0.3 is 5.97 Å². The van der Waals surface area contributed by atoms with Gasteiger partial charge in [0.2, 0.25) is 5.72 Å². The van der Waals surface area contributed by atoms with Crippen molar-refractivity contribution in [3.63, 3.8) is 0 Å². The Balaban J connectivity index is 2.10. The maximum atomic E-state index is 10.9. The fourth-order valence-corrected chi connectivity index (χ4v) is 1.86. The first-order chi connectivity index (χ1) is 7.59. The molecule has 4 heteroatoms. The molecule has 1 aromatic carbocycles. The van der Waals surface area contributed by atoms with Crippen LogP contribution in [0.15, 0.2) is 40.6 Å². The fraction of sp³-hybridized carbons (Fsp3) is 0.417. The monoisotopic (exact) mass is 218 g/mol. The Kier molecular flexibility index (Phi) is 2.73. The lowest BCUT2D eigenvalue weighted by Crippen LogP contribution is -2.26. The number of esters is 1. The number of rotatable bonds is 2. The number of azo groups is 1. The van der Waals surface area contributed by atoms with Gasteiger partial charge in [0.05, 0.1) is 0 Å². The van der Waals surface area contributed by atoms with Gasteiger partial charge in [0, 0.05) is 13.3 Å². The Morgan fingerprint density at radius 3 is 2.75 bits per heavy atom. The Morgan fingerprint density at radius 2 is 2.12 bits per heavy atom. The highest BCUT2D eigenvalue weighted by atomic mass is 16.6. The van der Waals surface area contributed by atoms with Gasteiger partial charge in [-0.1, -0.05) is 30.3 Å². The third-order valence-corrected chi connectivity index (χ3v) is 2.53. The lowest BCUT2D eigenvalue weighted by molar-refractivity contribution is -0.154. The van der Waals surface area contributed by atoms with Crippen molar-refractivity contribution in [3.05, 3.63) is 35.9 Å². The molecule has 0 aromatic heterocycles. The maximum Gasteiger partial charge on any atom is 0.304 e. The van der Waals surface area contributed by atoms with Crippen LogP contribution in [0.1, 0.15) is 31.9 Å². The SMILES string of the molecule is CC(=O)OC1(C)CC(c2ccccc2)N=N1. The minimum Gasteiger partial charge on any atom is -0.436 e. The highest BCUT2D eigenvalue weighted by molar-refractivity contribution is 5.66. The van der Waals surface area contributed by atoms with E-state index in [0.717, 1.165) is 5.56 Å². The zero-order valence-electron chi connectivity index (χ0n) is 9.38. The molecule has 1 aromatic rings. The lowest BCUT2D eigenvalue weighted by Gasteiger charge is -2.19. The van der Waals surface area contributed by atoms with Crippen molar-refractivity contribution >= 4 is 5.97 Å². The molecule has 0 radical (unpaired) electrons. The van der Waals surface area contributed by atoms with Crippen LogP contribution in [0.4, 0.5) is 0 Å². The minimum absolute atomic E-state index is 0.00875. The summed E-state index contributed by atoms with van der Waals surface area (Å²) < 4.78 is 5.15. The Morgan fingerprint density at radius 1 is 1.44 bits per heavy atom. The molecule has 0 spiro atoms. The largest absolute Gasteiger partial charge is 0.436 e. The van der Waals surface area contributed by atoms with E-state index in [0.29, 0.717) is 6.42 Å². The number of carbonyl (C=O) groups is 1. The zero-order chi connectivity index (χ0) is 11.6. The summed E-state index contributed by atoms with van der Waals surface area (Å²) >= 11 is 0. The molecule has 1 aliphatic rings. The van der Waals surface area contributed by atoms with E-state index in [2.05, 4.69) is 10.2 Å². The molecule has 0 saturated heterocycles. The van der Waals surface area contributed by atoms with Gasteiger partial charge in [0.15, 0.2) is 0 Å². The summed E-state index contributed by atoms with van der Waals surface area (Å²) in [6, 6.07) is 9.89. The first-order valence-electron chi connectivity index (χ1n) is 5.26. The molecule has 2 rings (SSSR count). The van der Waals surface area contributed by atoms with E-state index in [4.69, 9.17) is 4.74 Å². The summed E-state index contributed by atoms with van der Waals surface area (Å²) in [6.07, 6.45) is 0.608. The quantitative estimate of drug-likeness (QED) is 0.716. The van der Waals surface area contributed by atoms with Crippen molar-refractivity contribution in [2.75, 3.05) is 0 Å². The van der Waals surface area contributed by atoms with Gasteiger partial charge in [0.1, 0.15) is 6.04 Å². The molecule has 2 unspecified atom stereocenters. The van der Waals surface area contributed by atoms with Crippen LogP contribution in [0.2, 0.25) is 0 Å². The molecule has 0 bridgehead atoms. The smallest absolute Gasteiger partial charge is 0.304 e. The zero-order valence-corrected chi connectivity index (χ0v) is 9.38. The van der Waals surface area contributed by atoms with Crippen LogP contribution in [0.5, 0.6) is 0 Å². The molecule has 1 heterocycles. The molecule has 2 atom stereocenters. The van der Waals surface area contributed by atoms with E-state index in [1.165, 1.54) is 6.92 Å². The van der Waals surface area contributed by atoms with Crippen molar-refractivity contribution in [1.82, 2.24) is 0 Å². The van der Waals surface area contributed by atoms with E-state index in [1.54, 1.807) is 6.92 Å². The normalized spacial score (nSPS) is 28.0. The minimum atomic E-state index is -0.799. The van der Waals surface area contributed by atoms with E-state index in [-0.39, 0.29) is 12.0 Å². The number of carbonyl (C=O) groups excluding carboxylic acids is 1. The number of nitrogens with zero attached hydrogens (tertiary/aromatic N) is 2. The summed E-state index contributed by atoms with van der Waals surface area (Å²) in [5, 5.41) is 8.21. The van der Waals surface area contributed by atoms with Crippen molar-refractivity contribution in [2.45, 2.75) is 32.0 Å². The second-order valence-electron chi connectivity index (χ2n) is 4.11. The van der Waals surface area contributed by atoms with Crippen LogP contribution in [-0.2, 0) is 9.53 Å². The van der Waals surface area contributed by atoms with Crippen molar-refractivity contribution in [2.24, 2.45) is 10.2 Å². The van der Waals surface area contributed by atoms with Crippen LogP contribution < -0.4 is 0 Å². The molecular weight excluding hydrogens is 204 g/mol. The number of hydrogen-bond donors (Lipinski definition) is 0. The summed E-state index contributed by atoms with van der Waals surface area (Å²) in [4.78, 5) is 10.9. The van der Waals surface area contributed by atoms with Gasteiger partial charge in [-0.15, -0.1) is 5.11 Å². The molecule has 4 nitrogen and oxygen atoms in total. The lowest BCUT2D eigenvalue weighted by atomic mass is 10.0. The van der Waals surface area contributed by atoms with Crippen LogP contribution in [0.3, 0.4) is 0 Å². The number of ether oxygens (including phenoxy) is 1. The molecule has 16 heavy (non-hydrogen) atoms. The molecule has 0 N–H and O–H groups in total. The number of benzene rings is 1. The topological polar surface area (TPSA) is 51.0 Å². The van der Waals surface area contributed by atoms with Crippen LogP contribution in [0, 0.1) is 0 Å². The molecule has 1 aliphatic heterocycles. The molecule has 0 amide bonds. The first kappa shape index (κ1) is 10.8. The molecule has 0 fully saturated rings. The summed E-state index contributed by atoms with van der Waals surface area (Å²) in [5.74, 6) is -0.324. The average Bonchev–Trinajstić information content (AvgIpc) is 2.61. The summed E-state index contributed by atoms with van der Waals surface area (Å²) in [5.41, 5.74) is 0.300. The molecule has 0 aliphatic carbocycles. The van der Waals surface area contributed by atoms with Gasteiger partial charge < -0.3 is 4.74 Å². The van der Waals surface area contributed by atoms with E-state index in [9.17, 15) is 4.79 Å². The van der Waals surface area contributed by atoms with Gasteiger partial charge in [0.25, 0.3) is 0 Å². The third-order valence-electron chi connectivity index (χ3n) is 2.53. The van der Waals surface area contributed by atoms with E-state index < -0.39 is 5.72 Å². The van der Waals surface area contributed by atoms with Crippen LogP contribution in [0.25, 0.3) is 0 Å². The maximum absolute atomic E-state index is 10.9. The molecule has 84 valence electrons. The van der Waals surface area contributed by atoms with Gasteiger partial charge in [-0.05, 0) is 12.5 Å². The van der Waals surface area contributed by atoms with Crippen molar-refractivity contribution < 1.29 is 9.53 Å². The Labute approximate surface area is 94.3 Å². The number of hydrogen-bond acceptors (Lipinski definition) is 4. The predicted molar refractivity (Wildman–Crippen MR) is 58.8 cm³/mol. The predicted octanol–water partition coefficient (Wildman–Crippen LogP) is 2.86. The van der Waals surface area contributed by atoms with Crippen molar-refractivity contribution in [3.8, 4) is 0 Å². The standard InChI is InChI=1S/C12H14N2O2/c1-9(15)16-12(2)8-11(13-14-12)10-6-4-3-5-7-10/h3-7,11H,8H2,1-2H3. The van der Waals surface area contributed by atoms with Crippen molar-refractivity contribution in [1.29, 1.82) is 0 Å². The Bertz CT molecular complexity index is 416. The van der Waals surface area contributed by atoms with E-state index >= 15 is 0 Å². The average molecular weight is 218 g/mol. The highest BCUT2D eigenvalue weighted by Crippen LogP contribution is 2.37. The third kappa shape index (κ3) is 2.27.